The van der Waals surface area contributed by atoms with Crippen LogP contribution in [0, 0.1) is 0 Å². The topological polar surface area (TPSA) is 102 Å². The summed E-state index contributed by atoms with van der Waals surface area (Å²) in [6.45, 7) is 1.84. The van der Waals surface area contributed by atoms with E-state index in [1.165, 1.54) is 23.2 Å². The molecule has 1 N–H and O–H groups in total. The lowest BCUT2D eigenvalue weighted by Crippen LogP contribution is -2.40. The minimum Gasteiger partial charge on any atom is -0.468 e. The third-order valence-electron chi connectivity index (χ3n) is 3.94. The summed E-state index contributed by atoms with van der Waals surface area (Å²) in [7, 11) is -2.18. The number of carbonyl (C=O) groups is 2. The Labute approximate surface area is 163 Å². The number of nitrogens with zero attached hydrogens (tertiary/aromatic N) is 1. The van der Waals surface area contributed by atoms with E-state index in [1.54, 1.807) is 24.3 Å². The Bertz CT molecular complexity index is 730. The van der Waals surface area contributed by atoms with E-state index in [4.69, 9.17) is 4.74 Å². The molecule has 0 saturated carbocycles. The van der Waals surface area contributed by atoms with Crippen LogP contribution in [0.15, 0.2) is 29.2 Å². The van der Waals surface area contributed by atoms with E-state index in [1.807, 2.05) is 0 Å². The van der Waals surface area contributed by atoms with Gasteiger partial charge in [-0.3, -0.25) is 9.59 Å². The monoisotopic (exact) mass is 416 g/mol. The minimum absolute atomic E-state index is 0.127. The second-order valence-electron chi connectivity index (χ2n) is 5.82. The molecule has 1 fully saturated rings. The third kappa shape index (κ3) is 6.80. The molecule has 1 aromatic rings. The number of morpholine rings is 1. The highest BCUT2D eigenvalue weighted by atomic mass is 32.2. The average molecular weight is 417 g/mol. The minimum atomic E-state index is -3.51. The average Bonchev–Trinajstić information content (AvgIpc) is 2.70. The van der Waals surface area contributed by atoms with E-state index < -0.39 is 10.0 Å². The summed E-state index contributed by atoms with van der Waals surface area (Å²) in [6.07, 6.45) is 0.297. The van der Waals surface area contributed by atoms with Gasteiger partial charge in [-0.25, -0.2) is 8.42 Å². The van der Waals surface area contributed by atoms with Crippen molar-refractivity contribution in [2.45, 2.75) is 17.9 Å². The number of carbonyl (C=O) groups excluding carboxylic acids is 2. The van der Waals surface area contributed by atoms with Gasteiger partial charge >= 0.3 is 5.97 Å². The maximum absolute atomic E-state index is 12.5. The summed E-state index contributed by atoms with van der Waals surface area (Å²) in [5, 5.41) is 2.78. The van der Waals surface area contributed by atoms with Crippen LogP contribution >= 0.6 is 11.8 Å². The molecule has 0 bridgehead atoms. The number of thioether (sulfide) groups is 1. The quantitative estimate of drug-likeness (QED) is 0.465. The first-order valence-electron chi connectivity index (χ1n) is 8.51. The molecule has 150 valence electrons. The predicted octanol–water partition coefficient (Wildman–Crippen LogP) is 0.620. The van der Waals surface area contributed by atoms with E-state index in [2.05, 4.69) is 10.1 Å². The second-order valence-corrected chi connectivity index (χ2v) is 8.86. The first-order chi connectivity index (χ1) is 12.9. The van der Waals surface area contributed by atoms with Crippen molar-refractivity contribution in [3.63, 3.8) is 0 Å². The van der Waals surface area contributed by atoms with Gasteiger partial charge in [0, 0.05) is 31.8 Å². The highest BCUT2D eigenvalue weighted by Gasteiger charge is 2.26. The van der Waals surface area contributed by atoms with E-state index in [-0.39, 0.29) is 22.5 Å². The molecule has 0 spiro atoms. The van der Waals surface area contributed by atoms with Crippen molar-refractivity contribution in [3.05, 3.63) is 29.8 Å². The zero-order valence-electron chi connectivity index (χ0n) is 15.2. The number of hydrogen-bond donors (Lipinski definition) is 1. The summed E-state index contributed by atoms with van der Waals surface area (Å²) >= 11 is 1.34. The number of nitrogens with one attached hydrogen (secondary N) is 1. The first kappa shape index (κ1) is 21.7. The molecule has 2 rings (SSSR count). The van der Waals surface area contributed by atoms with Crippen LogP contribution in [0.4, 0.5) is 0 Å². The third-order valence-corrected chi connectivity index (χ3v) is 6.79. The molecule has 0 aromatic heterocycles. The van der Waals surface area contributed by atoms with Crippen molar-refractivity contribution in [1.29, 1.82) is 0 Å². The summed E-state index contributed by atoms with van der Waals surface area (Å²) in [5.41, 5.74) is 0.812. The standard InChI is InChI=1S/C17H24N2O6S2/c1-24-17(21)13-26-11-6-16(20)18-12-14-2-4-15(5-3-14)27(22,23)19-7-9-25-10-8-19/h2-5H,6-13H2,1H3,(H,18,20). The van der Waals surface area contributed by atoms with E-state index in [0.29, 0.717) is 45.0 Å². The van der Waals surface area contributed by atoms with Gasteiger partial charge in [-0.05, 0) is 17.7 Å². The molecule has 1 aliphatic heterocycles. The Kier molecular flexibility index (Phi) is 8.55. The molecule has 0 aliphatic carbocycles. The fourth-order valence-electron chi connectivity index (χ4n) is 2.38. The molecule has 10 heteroatoms. The van der Waals surface area contributed by atoms with Crippen molar-refractivity contribution in [3.8, 4) is 0 Å². The number of esters is 1. The zero-order valence-corrected chi connectivity index (χ0v) is 16.8. The Morgan fingerprint density at radius 2 is 1.89 bits per heavy atom. The highest BCUT2D eigenvalue weighted by Crippen LogP contribution is 2.17. The van der Waals surface area contributed by atoms with Crippen molar-refractivity contribution >= 4 is 33.7 Å². The molecule has 1 heterocycles. The van der Waals surface area contributed by atoms with Crippen molar-refractivity contribution in [2.24, 2.45) is 0 Å². The molecule has 0 unspecified atom stereocenters. The smallest absolute Gasteiger partial charge is 0.315 e. The molecule has 27 heavy (non-hydrogen) atoms. The van der Waals surface area contributed by atoms with Crippen LogP contribution in [0.2, 0.25) is 0 Å². The highest BCUT2D eigenvalue weighted by molar-refractivity contribution is 7.99. The molecule has 1 aliphatic rings. The van der Waals surface area contributed by atoms with Gasteiger partial charge in [0.25, 0.3) is 0 Å². The van der Waals surface area contributed by atoms with Gasteiger partial charge in [0.2, 0.25) is 15.9 Å². The van der Waals surface area contributed by atoms with E-state index in [0.717, 1.165) is 5.56 Å². The van der Waals surface area contributed by atoms with Gasteiger partial charge in [0.1, 0.15) is 0 Å². The van der Waals surface area contributed by atoms with Gasteiger partial charge in [-0.15, -0.1) is 11.8 Å². The number of amides is 1. The maximum atomic E-state index is 12.5. The SMILES string of the molecule is COC(=O)CSCCC(=O)NCc1ccc(S(=O)(=O)N2CCOCC2)cc1. The van der Waals surface area contributed by atoms with Gasteiger partial charge in [-0.1, -0.05) is 12.1 Å². The molecule has 8 nitrogen and oxygen atoms in total. The Morgan fingerprint density at radius 3 is 2.52 bits per heavy atom. The van der Waals surface area contributed by atoms with Crippen LogP contribution in [-0.2, 0) is 35.6 Å². The van der Waals surface area contributed by atoms with Crippen molar-refractivity contribution < 1.29 is 27.5 Å². The van der Waals surface area contributed by atoms with Crippen LogP contribution in [0.3, 0.4) is 0 Å². The number of sulfonamides is 1. The van der Waals surface area contributed by atoms with E-state index >= 15 is 0 Å². The fraction of sp³-hybridized carbons (Fsp3) is 0.529. The van der Waals surface area contributed by atoms with Gasteiger partial charge in [0.15, 0.2) is 0 Å². The number of rotatable bonds is 9. The van der Waals surface area contributed by atoms with Crippen LogP contribution in [-0.4, -0.2) is 69.5 Å². The second kappa shape index (κ2) is 10.6. The fourth-order valence-corrected chi connectivity index (χ4v) is 4.55. The molecular weight excluding hydrogens is 392 g/mol. The number of benzene rings is 1. The van der Waals surface area contributed by atoms with Gasteiger partial charge < -0.3 is 14.8 Å². The summed E-state index contributed by atoms with van der Waals surface area (Å²) < 4.78 is 36.2. The van der Waals surface area contributed by atoms with Gasteiger partial charge in [-0.2, -0.15) is 4.31 Å². The van der Waals surface area contributed by atoms with Crippen molar-refractivity contribution in [2.75, 3.05) is 44.9 Å². The van der Waals surface area contributed by atoms with Crippen LogP contribution < -0.4 is 5.32 Å². The molecule has 1 saturated heterocycles. The Balaban J connectivity index is 1.78. The molecule has 1 aromatic carbocycles. The Hall–Kier alpha value is -1.62. The van der Waals surface area contributed by atoms with Crippen LogP contribution in [0.25, 0.3) is 0 Å². The predicted molar refractivity (Wildman–Crippen MR) is 102 cm³/mol. The molecule has 0 atom stereocenters. The summed E-state index contributed by atoms with van der Waals surface area (Å²) in [4.78, 5) is 23.0. The van der Waals surface area contributed by atoms with E-state index in [9.17, 15) is 18.0 Å². The van der Waals surface area contributed by atoms with Crippen LogP contribution in [0.1, 0.15) is 12.0 Å². The van der Waals surface area contributed by atoms with Crippen LogP contribution in [0.5, 0.6) is 0 Å². The zero-order chi connectivity index (χ0) is 19.7. The van der Waals surface area contributed by atoms with Crippen molar-refractivity contribution in [1.82, 2.24) is 9.62 Å². The Morgan fingerprint density at radius 1 is 1.22 bits per heavy atom. The first-order valence-corrected chi connectivity index (χ1v) is 11.1. The normalized spacial score (nSPS) is 15.3. The number of ether oxygens (including phenoxy) is 2. The summed E-state index contributed by atoms with van der Waals surface area (Å²) in [5.74, 6) is 0.311. The molecule has 0 radical (unpaired) electrons. The molecule has 1 amide bonds. The maximum Gasteiger partial charge on any atom is 0.315 e. The largest absolute Gasteiger partial charge is 0.468 e. The van der Waals surface area contributed by atoms with Gasteiger partial charge in [0.05, 0.1) is 31.0 Å². The number of hydrogen-bond acceptors (Lipinski definition) is 7. The molecular formula is C17H24N2O6S2. The lowest BCUT2D eigenvalue weighted by molar-refractivity contribution is -0.137. The lowest BCUT2D eigenvalue weighted by atomic mass is 10.2. The number of methoxy groups -OCH3 is 1. The summed E-state index contributed by atoms with van der Waals surface area (Å²) in [6, 6.07) is 6.50. The lowest BCUT2D eigenvalue weighted by Gasteiger charge is -2.26.